The van der Waals surface area contributed by atoms with Gasteiger partial charge in [-0.05, 0) is 44.9 Å². The van der Waals surface area contributed by atoms with E-state index in [1.165, 1.54) is 0 Å². The van der Waals surface area contributed by atoms with Crippen molar-refractivity contribution >= 4 is 12.1 Å². The third-order valence-corrected chi connectivity index (χ3v) is 3.74. The van der Waals surface area contributed by atoms with Crippen LogP contribution < -0.4 is 5.32 Å². The van der Waals surface area contributed by atoms with Crippen molar-refractivity contribution in [1.82, 2.24) is 5.32 Å². The first-order valence-electron chi connectivity index (χ1n) is 8.97. The van der Waals surface area contributed by atoms with Crippen molar-refractivity contribution in [2.75, 3.05) is 0 Å². The summed E-state index contributed by atoms with van der Waals surface area (Å²) in [6, 6.07) is 18.9. The van der Waals surface area contributed by atoms with Crippen molar-refractivity contribution in [3.05, 3.63) is 71.8 Å². The summed E-state index contributed by atoms with van der Waals surface area (Å²) in [4.78, 5) is 24.6. The Morgan fingerprint density at radius 2 is 1.61 bits per heavy atom. The number of alkyl carbamates (subject to hydrolysis) is 1. The van der Waals surface area contributed by atoms with Crippen LogP contribution in [0.1, 0.15) is 36.7 Å². The standard InChI is InChI=1S/C22H24N2O4/c1-22(2,3)28-21(26)24-18(14-16-10-6-4-7-11-16)19(15-23)27-20(25)17-12-8-5-9-13-17/h4-13,18-19H,14H2,1-3H3,(H,24,26)/t18-,19-/m0/s1. The van der Waals surface area contributed by atoms with E-state index in [4.69, 9.17) is 9.47 Å². The zero-order chi connectivity index (χ0) is 20.6. The minimum atomic E-state index is -1.18. The molecule has 6 nitrogen and oxygen atoms in total. The van der Waals surface area contributed by atoms with Crippen LogP contribution >= 0.6 is 0 Å². The summed E-state index contributed by atoms with van der Waals surface area (Å²) in [5.41, 5.74) is 0.530. The summed E-state index contributed by atoms with van der Waals surface area (Å²) in [7, 11) is 0. The van der Waals surface area contributed by atoms with Gasteiger partial charge in [-0.25, -0.2) is 9.59 Å². The average molecular weight is 380 g/mol. The molecule has 146 valence electrons. The Balaban J connectivity index is 2.18. The molecule has 0 fully saturated rings. The molecule has 0 radical (unpaired) electrons. The molecular weight excluding hydrogens is 356 g/mol. The van der Waals surface area contributed by atoms with Crippen LogP contribution in [-0.2, 0) is 15.9 Å². The van der Waals surface area contributed by atoms with Crippen LogP contribution in [0, 0.1) is 11.3 Å². The van der Waals surface area contributed by atoms with E-state index in [-0.39, 0.29) is 0 Å². The molecule has 1 N–H and O–H groups in total. The van der Waals surface area contributed by atoms with E-state index < -0.39 is 29.8 Å². The number of carbonyl (C=O) groups excluding carboxylic acids is 2. The molecular formula is C22H24N2O4. The molecule has 0 saturated carbocycles. The van der Waals surface area contributed by atoms with Gasteiger partial charge in [0.25, 0.3) is 0 Å². The van der Waals surface area contributed by atoms with E-state index in [0.717, 1.165) is 5.56 Å². The van der Waals surface area contributed by atoms with Crippen LogP contribution in [0.25, 0.3) is 0 Å². The second-order valence-electron chi connectivity index (χ2n) is 7.26. The first kappa shape index (κ1) is 21.0. The summed E-state index contributed by atoms with van der Waals surface area (Å²) >= 11 is 0. The number of hydrogen-bond donors (Lipinski definition) is 1. The highest BCUT2D eigenvalue weighted by Crippen LogP contribution is 2.13. The van der Waals surface area contributed by atoms with Gasteiger partial charge in [0, 0.05) is 0 Å². The second-order valence-corrected chi connectivity index (χ2v) is 7.26. The fourth-order valence-corrected chi connectivity index (χ4v) is 2.52. The quantitative estimate of drug-likeness (QED) is 0.769. The van der Waals surface area contributed by atoms with E-state index >= 15 is 0 Å². The molecule has 0 bridgehead atoms. The van der Waals surface area contributed by atoms with Gasteiger partial charge >= 0.3 is 12.1 Å². The first-order valence-corrected chi connectivity index (χ1v) is 8.97. The first-order chi connectivity index (χ1) is 13.3. The number of ether oxygens (including phenoxy) is 2. The van der Waals surface area contributed by atoms with Crippen molar-refractivity contribution in [1.29, 1.82) is 5.26 Å². The Hall–Kier alpha value is -3.33. The monoisotopic (exact) mass is 380 g/mol. The Bertz CT molecular complexity index is 823. The maximum Gasteiger partial charge on any atom is 0.408 e. The Labute approximate surface area is 165 Å². The van der Waals surface area contributed by atoms with Crippen LogP contribution in [0.4, 0.5) is 4.79 Å². The number of esters is 1. The van der Waals surface area contributed by atoms with Crippen LogP contribution in [0.2, 0.25) is 0 Å². The molecule has 0 heterocycles. The van der Waals surface area contributed by atoms with E-state index in [0.29, 0.717) is 12.0 Å². The number of hydrogen-bond acceptors (Lipinski definition) is 5. The molecule has 2 rings (SSSR count). The summed E-state index contributed by atoms with van der Waals surface area (Å²) in [5, 5.41) is 12.3. The van der Waals surface area contributed by atoms with Gasteiger partial charge in [-0.15, -0.1) is 0 Å². The zero-order valence-electron chi connectivity index (χ0n) is 16.2. The van der Waals surface area contributed by atoms with E-state index in [9.17, 15) is 14.9 Å². The largest absolute Gasteiger partial charge is 0.444 e. The number of amides is 1. The van der Waals surface area contributed by atoms with Crippen LogP contribution in [0.5, 0.6) is 0 Å². The summed E-state index contributed by atoms with van der Waals surface area (Å²) < 4.78 is 10.7. The van der Waals surface area contributed by atoms with E-state index in [2.05, 4.69) is 5.32 Å². The van der Waals surface area contributed by atoms with E-state index in [1.807, 2.05) is 36.4 Å². The lowest BCUT2D eigenvalue weighted by Crippen LogP contribution is -2.47. The summed E-state index contributed by atoms with van der Waals surface area (Å²) in [6.07, 6.45) is -1.55. The van der Waals surface area contributed by atoms with Crippen LogP contribution in [0.15, 0.2) is 60.7 Å². The highest BCUT2D eigenvalue weighted by molar-refractivity contribution is 5.89. The topological polar surface area (TPSA) is 88.4 Å². The maximum atomic E-state index is 12.4. The molecule has 0 aliphatic heterocycles. The highest BCUT2D eigenvalue weighted by Gasteiger charge is 2.29. The third kappa shape index (κ3) is 6.76. The molecule has 6 heteroatoms. The highest BCUT2D eigenvalue weighted by atomic mass is 16.6. The molecule has 0 aliphatic carbocycles. The van der Waals surface area contributed by atoms with Crippen molar-refractivity contribution in [3.63, 3.8) is 0 Å². The second kappa shape index (κ2) is 9.56. The van der Waals surface area contributed by atoms with Crippen molar-refractivity contribution < 1.29 is 19.1 Å². The fourth-order valence-electron chi connectivity index (χ4n) is 2.52. The predicted molar refractivity (Wildman–Crippen MR) is 105 cm³/mol. The summed E-state index contributed by atoms with van der Waals surface area (Å²) in [5.74, 6) is -0.629. The van der Waals surface area contributed by atoms with Crippen LogP contribution in [-0.4, -0.2) is 29.8 Å². The molecule has 28 heavy (non-hydrogen) atoms. The van der Waals surface area contributed by atoms with Crippen molar-refractivity contribution in [3.8, 4) is 6.07 Å². The SMILES string of the molecule is CC(C)(C)OC(=O)N[C@@H](Cc1ccccc1)[C@H](C#N)OC(=O)c1ccccc1. The maximum absolute atomic E-state index is 12.4. The molecule has 0 aliphatic rings. The normalized spacial score (nSPS) is 12.9. The van der Waals surface area contributed by atoms with Gasteiger partial charge in [-0.1, -0.05) is 48.5 Å². The Morgan fingerprint density at radius 3 is 2.14 bits per heavy atom. The lowest BCUT2D eigenvalue weighted by molar-refractivity contribution is 0.0260. The summed E-state index contributed by atoms with van der Waals surface area (Å²) in [6.45, 7) is 5.24. The lowest BCUT2D eigenvalue weighted by atomic mass is 10.0. The molecule has 0 spiro atoms. The average Bonchev–Trinajstić information content (AvgIpc) is 2.65. The van der Waals surface area contributed by atoms with Gasteiger partial charge in [-0.2, -0.15) is 5.26 Å². The van der Waals surface area contributed by atoms with Gasteiger partial charge in [-0.3, -0.25) is 0 Å². The van der Waals surface area contributed by atoms with Gasteiger partial charge < -0.3 is 14.8 Å². The number of benzene rings is 2. The third-order valence-electron chi connectivity index (χ3n) is 3.74. The van der Waals surface area contributed by atoms with Crippen molar-refractivity contribution in [2.45, 2.75) is 44.9 Å². The molecule has 0 saturated heterocycles. The van der Waals surface area contributed by atoms with Gasteiger partial charge in [0.15, 0.2) is 0 Å². The molecule has 1 amide bonds. The molecule has 2 atom stereocenters. The van der Waals surface area contributed by atoms with Crippen molar-refractivity contribution in [2.24, 2.45) is 0 Å². The molecule has 0 aromatic heterocycles. The predicted octanol–water partition coefficient (Wildman–Crippen LogP) is 3.87. The molecule has 0 unspecified atom stereocenters. The lowest BCUT2D eigenvalue weighted by Gasteiger charge is -2.26. The fraction of sp³-hybridized carbons (Fsp3) is 0.318. The minimum absolute atomic E-state index is 0.306. The number of nitrogens with zero attached hydrogens (tertiary/aromatic N) is 1. The number of nitriles is 1. The van der Waals surface area contributed by atoms with Gasteiger partial charge in [0.1, 0.15) is 11.7 Å². The number of carbonyl (C=O) groups is 2. The van der Waals surface area contributed by atoms with E-state index in [1.54, 1.807) is 51.1 Å². The molecule has 2 aromatic rings. The minimum Gasteiger partial charge on any atom is -0.444 e. The number of rotatable bonds is 6. The smallest absolute Gasteiger partial charge is 0.408 e. The number of nitrogens with one attached hydrogen (secondary N) is 1. The van der Waals surface area contributed by atoms with Crippen LogP contribution in [0.3, 0.4) is 0 Å². The van der Waals surface area contributed by atoms with Gasteiger partial charge in [0.2, 0.25) is 6.10 Å². The Kier molecular flexibility index (Phi) is 7.16. The van der Waals surface area contributed by atoms with Gasteiger partial charge in [0.05, 0.1) is 11.6 Å². The molecule has 2 aromatic carbocycles. The zero-order valence-corrected chi connectivity index (χ0v) is 16.2. The Morgan fingerprint density at radius 1 is 1.04 bits per heavy atom.